The van der Waals surface area contributed by atoms with Crippen molar-refractivity contribution in [3.8, 4) is 0 Å². The van der Waals surface area contributed by atoms with Crippen molar-refractivity contribution in [2.24, 2.45) is 10.7 Å². The van der Waals surface area contributed by atoms with Crippen LogP contribution in [0, 0.1) is 0 Å². The lowest BCUT2D eigenvalue weighted by atomic mass is 10.0. The average molecular weight is 301 g/mol. The number of hydrogen-bond acceptors (Lipinski definition) is 4. The Labute approximate surface area is 131 Å². The molecule has 6 heteroatoms. The average Bonchev–Trinajstić information content (AvgIpc) is 2.45. The first-order chi connectivity index (χ1) is 10.5. The van der Waals surface area contributed by atoms with E-state index in [0.717, 1.165) is 29.7 Å². The first-order valence-electron chi connectivity index (χ1n) is 7.42. The molecule has 1 aliphatic heterocycles. The van der Waals surface area contributed by atoms with E-state index < -0.39 is 0 Å². The molecule has 3 N–H and O–H groups in total. The van der Waals surface area contributed by atoms with Crippen molar-refractivity contribution in [2.75, 3.05) is 19.0 Å². The SMILES string of the molecule is CCc1cccc(CC)c1N1C(=O)NC(=CN(C)C)N=C1N. The second-order valence-corrected chi connectivity index (χ2v) is 5.35. The van der Waals surface area contributed by atoms with E-state index in [1.165, 1.54) is 4.90 Å². The molecule has 1 aromatic rings. The van der Waals surface area contributed by atoms with Crippen LogP contribution >= 0.6 is 0 Å². The lowest BCUT2D eigenvalue weighted by Gasteiger charge is -2.30. The Kier molecular flexibility index (Phi) is 4.70. The predicted octanol–water partition coefficient (Wildman–Crippen LogP) is 2.02. The van der Waals surface area contributed by atoms with Crippen LogP contribution in [-0.2, 0) is 12.8 Å². The van der Waals surface area contributed by atoms with Crippen molar-refractivity contribution in [3.05, 3.63) is 41.3 Å². The number of nitrogens with two attached hydrogens (primary N) is 1. The van der Waals surface area contributed by atoms with Crippen LogP contribution in [0.2, 0.25) is 0 Å². The molecule has 0 saturated heterocycles. The minimum Gasteiger partial charge on any atom is -0.381 e. The first kappa shape index (κ1) is 15.9. The van der Waals surface area contributed by atoms with Gasteiger partial charge < -0.3 is 10.6 Å². The fourth-order valence-corrected chi connectivity index (χ4v) is 2.49. The van der Waals surface area contributed by atoms with E-state index >= 15 is 0 Å². The van der Waals surface area contributed by atoms with E-state index in [1.54, 1.807) is 11.1 Å². The largest absolute Gasteiger partial charge is 0.381 e. The number of benzene rings is 1. The van der Waals surface area contributed by atoms with Crippen LogP contribution in [0.15, 0.2) is 35.2 Å². The molecular formula is C16H23N5O. The van der Waals surface area contributed by atoms with Crippen LogP contribution in [0.5, 0.6) is 0 Å². The Morgan fingerprint density at radius 1 is 1.27 bits per heavy atom. The highest BCUT2D eigenvalue weighted by Gasteiger charge is 2.28. The zero-order valence-electron chi connectivity index (χ0n) is 13.6. The topological polar surface area (TPSA) is 74.0 Å². The van der Waals surface area contributed by atoms with Gasteiger partial charge in [0.1, 0.15) is 0 Å². The number of carbonyl (C=O) groups excluding carboxylic acids is 1. The molecule has 0 bridgehead atoms. The number of anilines is 1. The molecule has 118 valence electrons. The van der Waals surface area contributed by atoms with Crippen LogP contribution in [0.4, 0.5) is 10.5 Å². The molecule has 0 aromatic heterocycles. The van der Waals surface area contributed by atoms with Crippen LogP contribution in [0.1, 0.15) is 25.0 Å². The summed E-state index contributed by atoms with van der Waals surface area (Å²) in [6.45, 7) is 4.12. The molecule has 1 heterocycles. The number of nitrogens with zero attached hydrogens (tertiary/aromatic N) is 3. The molecule has 0 spiro atoms. The Morgan fingerprint density at radius 3 is 2.32 bits per heavy atom. The number of para-hydroxylation sites is 1. The van der Waals surface area contributed by atoms with Gasteiger partial charge in [-0.3, -0.25) is 5.32 Å². The lowest BCUT2D eigenvalue weighted by molar-refractivity contribution is 0.250. The molecule has 2 rings (SSSR count). The van der Waals surface area contributed by atoms with E-state index in [2.05, 4.69) is 24.2 Å². The maximum absolute atomic E-state index is 12.5. The third kappa shape index (κ3) is 3.05. The number of urea groups is 1. The van der Waals surface area contributed by atoms with Gasteiger partial charge in [0.15, 0.2) is 5.82 Å². The first-order valence-corrected chi connectivity index (χ1v) is 7.42. The number of aryl methyl sites for hydroxylation is 2. The van der Waals surface area contributed by atoms with Gasteiger partial charge in [-0.15, -0.1) is 0 Å². The summed E-state index contributed by atoms with van der Waals surface area (Å²) in [6, 6.07) is 5.75. The molecule has 2 amide bonds. The number of amides is 2. The maximum Gasteiger partial charge on any atom is 0.334 e. The molecule has 22 heavy (non-hydrogen) atoms. The maximum atomic E-state index is 12.5. The molecule has 0 saturated carbocycles. The highest BCUT2D eigenvalue weighted by molar-refractivity contribution is 6.18. The monoisotopic (exact) mass is 301 g/mol. The summed E-state index contributed by atoms with van der Waals surface area (Å²) in [5.74, 6) is 0.628. The minimum atomic E-state index is -0.281. The van der Waals surface area contributed by atoms with Gasteiger partial charge in [0, 0.05) is 20.3 Å². The van der Waals surface area contributed by atoms with Crippen LogP contribution in [0.25, 0.3) is 0 Å². The summed E-state index contributed by atoms with van der Waals surface area (Å²) in [5, 5.41) is 2.77. The van der Waals surface area contributed by atoms with E-state index in [9.17, 15) is 4.79 Å². The number of aliphatic imine (C=N–C) groups is 1. The summed E-state index contributed by atoms with van der Waals surface area (Å²) in [6.07, 6.45) is 3.36. The Balaban J connectivity index is 2.52. The highest BCUT2D eigenvalue weighted by atomic mass is 16.2. The van der Waals surface area contributed by atoms with Crippen LogP contribution < -0.4 is 16.0 Å². The summed E-state index contributed by atoms with van der Waals surface area (Å²) in [7, 11) is 3.72. The fourth-order valence-electron chi connectivity index (χ4n) is 2.49. The number of hydrogen-bond donors (Lipinski definition) is 2. The summed E-state index contributed by atoms with van der Waals surface area (Å²) < 4.78 is 0. The normalized spacial score (nSPS) is 16.5. The smallest absolute Gasteiger partial charge is 0.334 e. The third-order valence-electron chi connectivity index (χ3n) is 3.47. The number of carbonyl (C=O) groups is 1. The Bertz CT molecular complexity index is 611. The van der Waals surface area contributed by atoms with Crippen molar-refractivity contribution in [1.29, 1.82) is 0 Å². The Hall–Kier alpha value is -2.50. The molecule has 0 radical (unpaired) electrons. The van der Waals surface area contributed by atoms with Crippen LogP contribution in [0.3, 0.4) is 0 Å². The molecule has 0 atom stereocenters. The fraction of sp³-hybridized carbons (Fsp3) is 0.375. The molecule has 0 fully saturated rings. The molecule has 0 aliphatic carbocycles. The summed E-state index contributed by atoms with van der Waals surface area (Å²) in [4.78, 5) is 20.1. The van der Waals surface area contributed by atoms with Crippen molar-refractivity contribution in [3.63, 3.8) is 0 Å². The van der Waals surface area contributed by atoms with Gasteiger partial charge in [-0.1, -0.05) is 32.0 Å². The molecule has 1 aromatic carbocycles. The van der Waals surface area contributed by atoms with E-state index in [-0.39, 0.29) is 12.0 Å². The zero-order chi connectivity index (χ0) is 16.3. The van der Waals surface area contributed by atoms with Crippen molar-refractivity contribution >= 4 is 17.7 Å². The Morgan fingerprint density at radius 2 is 1.86 bits per heavy atom. The van der Waals surface area contributed by atoms with Gasteiger partial charge in [-0.05, 0) is 24.0 Å². The highest BCUT2D eigenvalue weighted by Crippen LogP contribution is 2.28. The van der Waals surface area contributed by atoms with E-state index in [0.29, 0.717) is 5.82 Å². The number of guanidine groups is 1. The molecule has 0 unspecified atom stereocenters. The van der Waals surface area contributed by atoms with E-state index in [1.807, 2.05) is 32.3 Å². The second-order valence-electron chi connectivity index (χ2n) is 5.35. The van der Waals surface area contributed by atoms with Crippen molar-refractivity contribution in [1.82, 2.24) is 10.2 Å². The van der Waals surface area contributed by atoms with Gasteiger partial charge in [-0.2, -0.15) is 4.99 Å². The molecule has 1 aliphatic rings. The molecular weight excluding hydrogens is 278 g/mol. The van der Waals surface area contributed by atoms with Crippen LogP contribution in [-0.4, -0.2) is 31.0 Å². The summed E-state index contributed by atoms with van der Waals surface area (Å²) in [5.41, 5.74) is 9.07. The predicted molar refractivity (Wildman–Crippen MR) is 89.6 cm³/mol. The zero-order valence-corrected chi connectivity index (χ0v) is 13.6. The van der Waals surface area contributed by atoms with Gasteiger partial charge in [0.25, 0.3) is 0 Å². The quantitative estimate of drug-likeness (QED) is 0.893. The number of nitrogens with one attached hydrogen (secondary N) is 1. The minimum absolute atomic E-state index is 0.187. The lowest BCUT2D eigenvalue weighted by Crippen LogP contribution is -2.51. The third-order valence-corrected chi connectivity index (χ3v) is 3.47. The summed E-state index contributed by atoms with van der Waals surface area (Å²) >= 11 is 0. The van der Waals surface area contributed by atoms with Crippen molar-refractivity contribution in [2.45, 2.75) is 26.7 Å². The standard InChI is InChI=1S/C16H23N5O/c1-5-11-8-7-9-12(6-2)14(11)21-15(17)18-13(10-20(3)4)19-16(21)22/h7-10H,5-6H2,1-4H3,(H2,17,18)(H,19,22). The van der Waals surface area contributed by atoms with Gasteiger partial charge in [-0.25, -0.2) is 9.69 Å². The van der Waals surface area contributed by atoms with Gasteiger partial charge >= 0.3 is 6.03 Å². The van der Waals surface area contributed by atoms with Gasteiger partial charge in [0.2, 0.25) is 5.96 Å². The van der Waals surface area contributed by atoms with Gasteiger partial charge in [0.05, 0.1) is 5.69 Å². The second kappa shape index (κ2) is 6.51. The number of rotatable bonds is 4. The molecule has 6 nitrogen and oxygen atoms in total. The van der Waals surface area contributed by atoms with E-state index in [4.69, 9.17) is 5.73 Å². The van der Waals surface area contributed by atoms with Crippen molar-refractivity contribution < 1.29 is 4.79 Å².